The third kappa shape index (κ3) is 2.69. The largest absolute Gasteiger partial charge is 0.310 e. The molecule has 1 amide bonds. The zero-order chi connectivity index (χ0) is 14.1. The molecule has 1 aliphatic carbocycles. The number of amides is 1. The minimum atomic E-state index is -0.251. The lowest BCUT2D eigenvalue weighted by atomic mass is 10.1. The van der Waals surface area contributed by atoms with E-state index in [0.717, 1.165) is 17.5 Å². The number of hydrogen-bond acceptors (Lipinski definition) is 2. The summed E-state index contributed by atoms with van der Waals surface area (Å²) in [5, 5.41) is 2.82. The number of hydrogen-bond donors (Lipinski definition) is 1. The third-order valence-corrected chi connectivity index (χ3v) is 3.59. The van der Waals surface area contributed by atoms with E-state index in [2.05, 4.69) is 10.3 Å². The molecule has 2 atom stereocenters. The van der Waals surface area contributed by atoms with Gasteiger partial charge in [-0.15, -0.1) is 0 Å². The molecule has 1 aromatic heterocycles. The van der Waals surface area contributed by atoms with Crippen LogP contribution in [0.4, 0.5) is 10.2 Å². The Bertz CT molecular complexity index is 622. The molecule has 3 nitrogen and oxygen atoms in total. The molecule has 4 heteroatoms. The van der Waals surface area contributed by atoms with Crippen LogP contribution in [0, 0.1) is 18.7 Å². The number of rotatable bonds is 3. The van der Waals surface area contributed by atoms with E-state index >= 15 is 0 Å². The van der Waals surface area contributed by atoms with Gasteiger partial charge in [0.05, 0.1) is 0 Å². The summed E-state index contributed by atoms with van der Waals surface area (Å²) in [6, 6.07) is 10.1. The summed E-state index contributed by atoms with van der Waals surface area (Å²) >= 11 is 0. The Morgan fingerprint density at radius 1 is 1.25 bits per heavy atom. The molecule has 1 saturated carbocycles. The summed E-state index contributed by atoms with van der Waals surface area (Å²) in [6.45, 7) is 1.95. The fourth-order valence-corrected chi connectivity index (χ4v) is 2.32. The summed E-state index contributed by atoms with van der Waals surface area (Å²) in [6.07, 6.45) is 2.53. The molecule has 1 N–H and O–H groups in total. The second-order valence-corrected chi connectivity index (χ2v) is 5.21. The number of nitrogens with zero attached hydrogens (tertiary/aromatic N) is 1. The second kappa shape index (κ2) is 5.04. The van der Waals surface area contributed by atoms with Crippen LogP contribution in [0.3, 0.4) is 0 Å². The van der Waals surface area contributed by atoms with Crippen molar-refractivity contribution in [1.29, 1.82) is 0 Å². The first kappa shape index (κ1) is 12.8. The minimum absolute atomic E-state index is 0.0179. The Balaban J connectivity index is 1.62. The standard InChI is InChI=1S/C16H15FN2O/c1-10-2-7-15(18-9-10)19-16(20)14-8-13(14)11-3-5-12(17)6-4-11/h2-7,9,13-14H,8H2,1H3,(H,18,19,20). The van der Waals surface area contributed by atoms with Crippen molar-refractivity contribution in [3.8, 4) is 0 Å². The number of aryl methyl sites for hydroxylation is 1. The minimum Gasteiger partial charge on any atom is -0.310 e. The van der Waals surface area contributed by atoms with Gasteiger partial charge in [0.25, 0.3) is 0 Å². The highest BCUT2D eigenvalue weighted by atomic mass is 19.1. The van der Waals surface area contributed by atoms with Crippen molar-refractivity contribution in [3.05, 3.63) is 59.5 Å². The monoisotopic (exact) mass is 270 g/mol. The van der Waals surface area contributed by atoms with Crippen molar-refractivity contribution in [2.24, 2.45) is 5.92 Å². The molecule has 20 heavy (non-hydrogen) atoms. The summed E-state index contributed by atoms with van der Waals surface area (Å²) in [4.78, 5) is 16.2. The average Bonchev–Trinajstić information content (AvgIpc) is 3.23. The Morgan fingerprint density at radius 2 is 2.00 bits per heavy atom. The Morgan fingerprint density at radius 3 is 2.65 bits per heavy atom. The predicted molar refractivity (Wildman–Crippen MR) is 74.9 cm³/mol. The van der Waals surface area contributed by atoms with Crippen LogP contribution in [0.15, 0.2) is 42.6 Å². The molecular weight excluding hydrogens is 255 g/mol. The molecule has 1 aliphatic rings. The van der Waals surface area contributed by atoms with Crippen molar-refractivity contribution >= 4 is 11.7 Å². The maximum Gasteiger partial charge on any atom is 0.229 e. The second-order valence-electron chi connectivity index (χ2n) is 5.21. The maximum atomic E-state index is 12.9. The molecule has 1 fully saturated rings. The Kier molecular flexibility index (Phi) is 3.22. The molecule has 1 heterocycles. The van der Waals surface area contributed by atoms with Gasteiger partial charge in [-0.1, -0.05) is 18.2 Å². The van der Waals surface area contributed by atoms with Gasteiger partial charge >= 0.3 is 0 Å². The highest BCUT2D eigenvalue weighted by Crippen LogP contribution is 2.47. The van der Waals surface area contributed by atoms with Gasteiger partial charge < -0.3 is 5.32 Å². The first-order chi connectivity index (χ1) is 9.63. The summed E-state index contributed by atoms with van der Waals surface area (Å²) in [7, 11) is 0. The van der Waals surface area contributed by atoms with E-state index in [4.69, 9.17) is 0 Å². The normalized spacial score (nSPS) is 20.5. The topological polar surface area (TPSA) is 42.0 Å². The first-order valence-electron chi connectivity index (χ1n) is 6.62. The van der Waals surface area contributed by atoms with Crippen LogP contribution >= 0.6 is 0 Å². The molecule has 2 unspecified atom stereocenters. The lowest BCUT2D eigenvalue weighted by molar-refractivity contribution is -0.117. The average molecular weight is 270 g/mol. The number of carbonyl (C=O) groups excluding carboxylic acids is 1. The number of pyridine rings is 1. The molecule has 0 aliphatic heterocycles. The fourth-order valence-electron chi connectivity index (χ4n) is 2.32. The van der Waals surface area contributed by atoms with Crippen LogP contribution in [0.5, 0.6) is 0 Å². The van der Waals surface area contributed by atoms with Gasteiger partial charge in [-0.25, -0.2) is 9.37 Å². The molecule has 3 rings (SSSR count). The van der Waals surface area contributed by atoms with Gasteiger partial charge in [0, 0.05) is 12.1 Å². The summed E-state index contributed by atoms with van der Waals surface area (Å²) in [5.74, 6) is 0.463. The number of anilines is 1. The van der Waals surface area contributed by atoms with Gasteiger partial charge in [0.2, 0.25) is 5.91 Å². The van der Waals surface area contributed by atoms with Crippen LogP contribution in [-0.2, 0) is 4.79 Å². The molecule has 1 aromatic carbocycles. The smallest absolute Gasteiger partial charge is 0.229 e. The van der Waals surface area contributed by atoms with Crippen molar-refractivity contribution in [2.45, 2.75) is 19.3 Å². The molecule has 0 spiro atoms. The number of nitrogens with one attached hydrogen (secondary N) is 1. The molecular formula is C16H15FN2O. The predicted octanol–water partition coefficient (Wildman–Crippen LogP) is 3.27. The SMILES string of the molecule is Cc1ccc(NC(=O)C2CC2c2ccc(F)cc2)nc1. The molecule has 0 radical (unpaired) electrons. The van der Waals surface area contributed by atoms with Gasteiger partial charge in [0.15, 0.2) is 0 Å². The first-order valence-corrected chi connectivity index (χ1v) is 6.62. The lowest BCUT2D eigenvalue weighted by Crippen LogP contribution is -2.15. The van der Waals surface area contributed by atoms with E-state index in [1.807, 2.05) is 13.0 Å². The van der Waals surface area contributed by atoms with Crippen LogP contribution in [0.25, 0.3) is 0 Å². The van der Waals surface area contributed by atoms with E-state index in [1.54, 1.807) is 24.4 Å². The van der Waals surface area contributed by atoms with E-state index in [-0.39, 0.29) is 23.6 Å². The zero-order valence-corrected chi connectivity index (χ0v) is 11.1. The third-order valence-electron chi connectivity index (χ3n) is 3.59. The van der Waals surface area contributed by atoms with Gasteiger partial charge in [-0.05, 0) is 48.6 Å². The molecule has 102 valence electrons. The zero-order valence-electron chi connectivity index (χ0n) is 11.1. The summed E-state index contributed by atoms with van der Waals surface area (Å²) in [5.41, 5.74) is 2.07. The summed E-state index contributed by atoms with van der Waals surface area (Å²) < 4.78 is 12.9. The Labute approximate surface area is 116 Å². The quantitative estimate of drug-likeness (QED) is 0.930. The highest BCUT2D eigenvalue weighted by molar-refractivity contribution is 5.94. The molecule has 2 aromatic rings. The van der Waals surface area contributed by atoms with Crippen molar-refractivity contribution < 1.29 is 9.18 Å². The van der Waals surface area contributed by atoms with Gasteiger partial charge in [-0.3, -0.25) is 4.79 Å². The fraction of sp³-hybridized carbons (Fsp3) is 0.250. The van der Waals surface area contributed by atoms with Crippen molar-refractivity contribution in [3.63, 3.8) is 0 Å². The number of aromatic nitrogens is 1. The van der Waals surface area contributed by atoms with E-state index in [1.165, 1.54) is 12.1 Å². The van der Waals surface area contributed by atoms with E-state index in [9.17, 15) is 9.18 Å². The molecule has 0 saturated heterocycles. The van der Waals surface area contributed by atoms with Crippen LogP contribution in [0.2, 0.25) is 0 Å². The van der Waals surface area contributed by atoms with Crippen LogP contribution in [-0.4, -0.2) is 10.9 Å². The Hall–Kier alpha value is -2.23. The van der Waals surface area contributed by atoms with Crippen molar-refractivity contribution in [1.82, 2.24) is 4.98 Å². The van der Waals surface area contributed by atoms with Crippen LogP contribution in [0.1, 0.15) is 23.5 Å². The van der Waals surface area contributed by atoms with Crippen molar-refractivity contribution in [2.75, 3.05) is 5.32 Å². The van der Waals surface area contributed by atoms with E-state index in [0.29, 0.717) is 5.82 Å². The van der Waals surface area contributed by atoms with E-state index < -0.39 is 0 Å². The number of carbonyl (C=O) groups is 1. The van der Waals surface area contributed by atoms with Gasteiger partial charge in [0.1, 0.15) is 11.6 Å². The maximum absolute atomic E-state index is 12.9. The highest BCUT2D eigenvalue weighted by Gasteiger charge is 2.43. The number of benzene rings is 1. The lowest BCUT2D eigenvalue weighted by Gasteiger charge is -2.04. The number of halogens is 1. The van der Waals surface area contributed by atoms with Gasteiger partial charge in [-0.2, -0.15) is 0 Å². The van der Waals surface area contributed by atoms with Crippen LogP contribution < -0.4 is 5.32 Å². The molecule has 0 bridgehead atoms.